The molecule has 2 rings (SSSR count). The molecule has 0 bridgehead atoms. The normalized spacial score (nSPS) is 24.9. The summed E-state index contributed by atoms with van der Waals surface area (Å²) in [6.45, 7) is 4.55. The minimum absolute atomic E-state index is 0.128. The second-order valence-corrected chi connectivity index (χ2v) is 5.42. The molecule has 2 aliphatic heterocycles. The van der Waals surface area contributed by atoms with Crippen molar-refractivity contribution in [3.63, 3.8) is 0 Å². The Balaban J connectivity index is 1.76. The van der Waals surface area contributed by atoms with Gasteiger partial charge in [-0.15, -0.1) is 0 Å². The van der Waals surface area contributed by atoms with Crippen molar-refractivity contribution in [1.82, 2.24) is 10.6 Å². The SMILES string of the molecule is CC(C(=O)NCC1CCSC1)=C1CNC1. The second-order valence-electron chi connectivity index (χ2n) is 4.27. The predicted octanol–water partition coefficient (Wildman–Crippen LogP) is 0.775. The topological polar surface area (TPSA) is 41.1 Å². The molecular weight excluding hydrogens is 208 g/mol. The molecule has 2 fully saturated rings. The maximum Gasteiger partial charge on any atom is 0.246 e. The van der Waals surface area contributed by atoms with Crippen molar-refractivity contribution in [1.29, 1.82) is 0 Å². The molecule has 0 radical (unpaired) electrons. The molecule has 4 heteroatoms. The third-order valence-electron chi connectivity index (χ3n) is 3.12. The summed E-state index contributed by atoms with van der Waals surface area (Å²) in [6, 6.07) is 0. The van der Waals surface area contributed by atoms with Crippen LogP contribution in [0.1, 0.15) is 13.3 Å². The molecule has 1 amide bonds. The average molecular weight is 226 g/mol. The fourth-order valence-electron chi connectivity index (χ4n) is 1.79. The van der Waals surface area contributed by atoms with Crippen molar-refractivity contribution in [3.05, 3.63) is 11.1 Å². The number of hydrogen-bond donors (Lipinski definition) is 2. The maximum absolute atomic E-state index is 11.7. The van der Waals surface area contributed by atoms with Gasteiger partial charge in [-0.3, -0.25) is 4.79 Å². The van der Waals surface area contributed by atoms with Crippen LogP contribution in [0.25, 0.3) is 0 Å². The van der Waals surface area contributed by atoms with E-state index in [1.54, 1.807) is 0 Å². The van der Waals surface area contributed by atoms with Gasteiger partial charge in [0.05, 0.1) is 0 Å². The van der Waals surface area contributed by atoms with Crippen LogP contribution in [-0.4, -0.2) is 37.0 Å². The number of thioether (sulfide) groups is 1. The molecule has 2 N–H and O–H groups in total. The van der Waals surface area contributed by atoms with E-state index in [4.69, 9.17) is 0 Å². The van der Waals surface area contributed by atoms with Gasteiger partial charge in [0.2, 0.25) is 5.91 Å². The first kappa shape index (κ1) is 11.0. The molecule has 2 aliphatic rings. The van der Waals surface area contributed by atoms with Gasteiger partial charge in [0, 0.05) is 25.2 Å². The van der Waals surface area contributed by atoms with Crippen molar-refractivity contribution in [2.75, 3.05) is 31.1 Å². The molecule has 0 spiro atoms. The van der Waals surface area contributed by atoms with Gasteiger partial charge in [0.25, 0.3) is 0 Å². The molecule has 1 unspecified atom stereocenters. The molecule has 3 nitrogen and oxygen atoms in total. The lowest BCUT2D eigenvalue weighted by atomic mass is 10.0. The Bertz CT molecular complexity index is 276. The van der Waals surface area contributed by atoms with Crippen molar-refractivity contribution in [3.8, 4) is 0 Å². The highest BCUT2D eigenvalue weighted by Gasteiger charge is 2.19. The molecule has 0 aromatic heterocycles. The fourth-order valence-corrected chi connectivity index (χ4v) is 3.07. The lowest BCUT2D eigenvalue weighted by molar-refractivity contribution is -0.117. The first-order chi connectivity index (χ1) is 7.27. The Kier molecular flexibility index (Phi) is 3.70. The summed E-state index contributed by atoms with van der Waals surface area (Å²) >= 11 is 1.99. The smallest absolute Gasteiger partial charge is 0.246 e. The van der Waals surface area contributed by atoms with Gasteiger partial charge in [-0.25, -0.2) is 0 Å². The third kappa shape index (κ3) is 2.75. The summed E-state index contributed by atoms with van der Waals surface area (Å²) in [7, 11) is 0. The number of hydrogen-bond acceptors (Lipinski definition) is 3. The summed E-state index contributed by atoms with van der Waals surface area (Å²) in [6.07, 6.45) is 1.25. The quantitative estimate of drug-likeness (QED) is 0.699. The van der Waals surface area contributed by atoms with Crippen LogP contribution in [0, 0.1) is 5.92 Å². The van der Waals surface area contributed by atoms with Crippen LogP contribution in [0.2, 0.25) is 0 Å². The zero-order valence-corrected chi connectivity index (χ0v) is 9.95. The molecule has 0 aromatic rings. The lowest BCUT2D eigenvalue weighted by Gasteiger charge is -2.21. The first-order valence-electron chi connectivity index (χ1n) is 5.52. The van der Waals surface area contributed by atoms with E-state index in [0.717, 1.165) is 25.2 Å². The molecule has 84 valence electrons. The van der Waals surface area contributed by atoms with Gasteiger partial charge >= 0.3 is 0 Å². The van der Waals surface area contributed by atoms with Crippen LogP contribution in [0.5, 0.6) is 0 Å². The van der Waals surface area contributed by atoms with E-state index in [1.807, 2.05) is 18.7 Å². The number of rotatable bonds is 3. The minimum Gasteiger partial charge on any atom is -0.352 e. The summed E-state index contributed by atoms with van der Waals surface area (Å²) < 4.78 is 0. The van der Waals surface area contributed by atoms with Gasteiger partial charge in [-0.05, 0) is 36.3 Å². The molecule has 0 aromatic carbocycles. The molecule has 0 aliphatic carbocycles. The lowest BCUT2D eigenvalue weighted by Crippen LogP contribution is -2.38. The van der Waals surface area contributed by atoms with Crippen LogP contribution >= 0.6 is 11.8 Å². The van der Waals surface area contributed by atoms with Gasteiger partial charge in [-0.2, -0.15) is 11.8 Å². The van der Waals surface area contributed by atoms with Gasteiger partial charge in [-0.1, -0.05) is 0 Å². The summed E-state index contributed by atoms with van der Waals surface area (Å²) in [4.78, 5) is 11.7. The van der Waals surface area contributed by atoms with E-state index in [0.29, 0.717) is 5.92 Å². The fraction of sp³-hybridized carbons (Fsp3) is 0.727. The van der Waals surface area contributed by atoms with E-state index >= 15 is 0 Å². The molecule has 15 heavy (non-hydrogen) atoms. The van der Waals surface area contributed by atoms with Gasteiger partial charge in [0.15, 0.2) is 0 Å². The highest BCUT2D eigenvalue weighted by molar-refractivity contribution is 7.99. The van der Waals surface area contributed by atoms with E-state index in [9.17, 15) is 4.79 Å². The number of amides is 1. The molecule has 2 saturated heterocycles. The summed E-state index contributed by atoms with van der Waals surface area (Å²) in [5.41, 5.74) is 2.17. The van der Waals surface area contributed by atoms with Crippen molar-refractivity contribution < 1.29 is 4.79 Å². The Morgan fingerprint density at radius 2 is 2.40 bits per heavy atom. The predicted molar refractivity (Wildman–Crippen MR) is 64.0 cm³/mol. The molecular formula is C11H18N2OS. The van der Waals surface area contributed by atoms with Crippen LogP contribution in [0.4, 0.5) is 0 Å². The summed E-state index contributed by atoms with van der Waals surface area (Å²) in [5.74, 6) is 3.28. The molecule has 1 atom stereocenters. The Hall–Kier alpha value is -0.480. The van der Waals surface area contributed by atoms with Crippen molar-refractivity contribution in [2.24, 2.45) is 5.92 Å². The van der Waals surface area contributed by atoms with Crippen molar-refractivity contribution in [2.45, 2.75) is 13.3 Å². The minimum atomic E-state index is 0.128. The third-order valence-corrected chi connectivity index (χ3v) is 4.35. The Morgan fingerprint density at radius 1 is 1.60 bits per heavy atom. The van der Waals surface area contributed by atoms with Crippen molar-refractivity contribution >= 4 is 17.7 Å². The first-order valence-corrected chi connectivity index (χ1v) is 6.68. The Morgan fingerprint density at radius 3 is 2.93 bits per heavy atom. The van der Waals surface area contributed by atoms with Crippen LogP contribution in [0.15, 0.2) is 11.1 Å². The highest BCUT2D eigenvalue weighted by atomic mass is 32.2. The summed E-state index contributed by atoms with van der Waals surface area (Å²) in [5, 5.41) is 6.19. The average Bonchev–Trinajstić information content (AvgIpc) is 2.63. The number of nitrogens with one attached hydrogen (secondary N) is 2. The number of carbonyl (C=O) groups excluding carboxylic acids is 1. The van der Waals surface area contributed by atoms with Crippen LogP contribution in [-0.2, 0) is 4.79 Å². The monoisotopic (exact) mass is 226 g/mol. The zero-order chi connectivity index (χ0) is 10.7. The highest BCUT2D eigenvalue weighted by Crippen LogP contribution is 2.22. The standard InChI is InChI=1S/C11H18N2OS/c1-8(10-5-12-6-10)11(14)13-4-9-2-3-15-7-9/h9,12H,2-7H2,1H3,(H,13,14). The zero-order valence-electron chi connectivity index (χ0n) is 9.14. The van der Waals surface area contributed by atoms with Crippen LogP contribution in [0.3, 0.4) is 0 Å². The van der Waals surface area contributed by atoms with E-state index in [-0.39, 0.29) is 5.91 Å². The number of carbonyl (C=O) groups is 1. The van der Waals surface area contributed by atoms with Gasteiger partial charge in [0.1, 0.15) is 0 Å². The largest absolute Gasteiger partial charge is 0.352 e. The van der Waals surface area contributed by atoms with Gasteiger partial charge < -0.3 is 10.6 Å². The van der Waals surface area contributed by atoms with E-state index < -0.39 is 0 Å². The van der Waals surface area contributed by atoms with E-state index in [1.165, 1.54) is 23.5 Å². The van der Waals surface area contributed by atoms with E-state index in [2.05, 4.69) is 10.6 Å². The second kappa shape index (κ2) is 5.03. The molecule has 0 saturated carbocycles. The van der Waals surface area contributed by atoms with Crippen LogP contribution < -0.4 is 10.6 Å². The maximum atomic E-state index is 11.7. The Labute approximate surface area is 95.1 Å². The molecule has 2 heterocycles.